The number of hydrogen-bond acceptors (Lipinski definition) is 5. The van der Waals surface area contributed by atoms with E-state index in [1.165, 1.54) is 12.1 Å². The number of nitrogens with zero attached hydrogens (tertiary/aromatic N) is 2. The Kier molecular flexibility index (Phi) is 8.88. The van der Waals surface area contributed by atoms with Crippen molar-refractivity contribution in [2.75, 3.05) is 30.8 Å². The number of halogens is 1. The van der Waals surface area contributed by atoms with Crippen LogP contribution in [0.2, 0.25) is 0 Å². The molecule has 208 valence electrons. The number of anilines is 2. The molecule has 0 spiro atoms. The van der Waals surface area contributed by atoms with Crippen LogP contribution >= 0.6 is 0 Å². The molecular formula is C30H34FN5O3Si. The van der Waals surface area contributed by atoms with Crippen LogP contribution in [0.15, 0.2) is 60.7 Å². The summed E-state index contributed by atoms with van der Waals surface area (Å²) in [7, 11) is 2.14. The Hall–Kier alpha value is -3.60. The third-order valence-electron chi connectivity index (χ3n) is 7.43. The van der Waals surface area contributed by atoms with Crippen molar-refractivity contribution in [3.05, 3.63) is 77.8 Å². The van der Waals surface area contributed by atoms with Gasteiger partial charge >= 0.3 is 0 Å². The van der Waals surface area contributed by atoms with Crippen LogP contribution in [0.25, 0.3) is 11.1 Å². The number of hydrogen-bond donors (Lipinski definition) is 3. The number of benzene rings is 2. The fourth-order valence-corrected chi connectivity index (χ4v) is 5.93. The molecule has 40 heavy (non-hydrogen) atoms. The zero-order valence-electron chi connectivity index (χ0n) is 22.7. The number of likely N-dealkylation sites (tertiary alicyclic amines) is 1. The van der Waals surface area contributed by atoms with Gasteiger partial charge < -0.3 is 15.1 Å². The first-order chi connectivity index (χ1) is 19.4. The number of carbonyl (C=O) groups excluding carboxylic acids is 2. The Morgan fingerprint density at radius 3 is 2.77 bits per heavy atom. The van der Waals surface area contributed by atoms with Crippen LogP contribution in [0.5, 0.6) is 0 Å². The van der Waals surface area contributed by atoms with Crippen LogP contribution in [-0.4, -0.2) is 62.5 Å². The van der Waals surface area contributed by atoms with Crippen molar-refractivity contribution in [3.63, 3.8) is 0 Å². The van der Waals surface area contributed by atoms with Gasteiger partial charge in [0.25, 0.3) is 0 Å². The minimum absolute atomic E-state index is 0.117. The van der Waals surface area contributed by atoms with Crippen LogP contribution in [-0.2, 0) is 14.0 Å². The molecule has 2 aliphatic rings. The van der Waals surface area contributed by atoms with Gasteiger partial charge in [0, 0.05) is 43.1 Å². The predicted octanol–water partition coefficient (Wildman–Crippen LogP) is 5.02. The minimum Gasteiger partial charge on any atom is -0.419 e. The topological polar surface area (TPSA) is 99.4 Å². The molecule has 0 bridgehead atoms. The van der Waals surface area contributed by atoms with Gasteiger partial charge in [-0.3, -0.25) is 19.6 Å². The van der Waals surface area contributed by atoms with E-state index in [1.807, 2.05) is 37.3 Å². The van der Waals surface area contributed by atoms with Gasteiger partial charge in [-0.25, -0.2) is 4.39 Å². The maximum absolute atomic E-state index is 15.0. The van der Waals surface area contributed by atoms with E-state index in [0.717, 1.165) is 49.0 Å². The molecule has 2 fully saturated rings. The minimum atomic E-state index is -0.527. The highest BCUT2D eigenvalue weighted by Crippen LogP contribution is 2.39. The zero-order valence-corrected chi connectivity index (χ0v) is 23.7. The average Bonchev–Trinajstić information content (AvgIpc) is 3.55. The molecule has 1 unspecified atom stereocenters. The molecule has 2 heterocycles. The second-order valence-corrected chi connectivity index (χ2v) is 11.7. The van der Waals surface area contributed by atoms with Crippen LogP contribution in [0.3, 0.4) is 0 Å². The fourth-order valence-electron chi connectivity index (χ4n) is 4.96. The standard InChI is InChI=1S/C30H34FN5O3Si/c1-19(30(38)33-27-18-26(34-35-27)20-10-11-20)21-6-3-7-22(16-21)23-12-13-25(24(31)17-23)32-28(37)8-4-14-36-15-5-9-29(36)40-39-2/h3-4,6-8,12-13,16-20,29H,5,9-11,14-15H2,1-2H3,(H,32,37)(H2,33,34,35,38)/b8-4+/t19-,29?/m0/s1. The highest BCUT2D eigenvalue weighted by molar-refractivity contribution is 6.29. The van der Waals surface area contributed by atoms with Crippen LogP contribution < -0.4 is 10.6 Å². The van der Waals surface area contributed by atoms with Crippen molar-refractivity contribution in [3.8, 4) is 11.1 Å². The number of rotatable bonds is 11. The van der Waals surface area contributed by atoms with Crippen LogP contribution in [0.1, 0.15) is 55.7 Å². The lowest BCUT2D eigenvalue weighted by molar-refractivity contribution is -0.117. The Morgan fingerprint density at radius 2 is 2.00 bits per heavy atom. The molecule has 2 aromatic carbocycles. The van der Waals surface area contributed by atoms with Crippen molar-refractivity contribution in [1.29, 1.82) is 0 Å². The molecule has 3 aromatic rings. The first-order valence-electron chi connectivity index (χ1n) is 13.7. The van der Waals surface area contributed by atoms with Crippen molar-refractivity contribution >= 4 is 33.1 Å². The van der Waals surface area contributed by atoms with E-state index in [1.54, 1.807) is 25.3 Å². The summed E-state index contributed by atoms with van der Waals surface area (Å²) in [5.74, 6) is -0.444. The Bertz CT molecular complexity index is 1390. The monoisotopic (exact) mass is 559 g/mol. The maximum Gasteiger partial charge on any atom is 0.248 e. The van der Waals surface area contributed by atoms with E-state index in [9.17, 15) is 14.0 Å². The van der Waals surface area contributed by atoms with Gasteiger partial charge in [-0.2, -0.15) is 5.10 Å². The van der Waals surface area contributed by atoms with E-state index in [-0.39, 0.29) is 17.5 Å². The molecule has 1 saturated heterocycles. The third kappa shape index (κ3) is 6.93. The largest absolute Gasteiger partial charge is 0.419 e. The quantitative estimate of drug-likeness (QED) is 0.226. The Morgan fingerprint density at radius 1 is 1.18 bits per heavy atom. The van der Waals surface area contributed by atoms with Crippen molar-refractivity contribution in [2.45, 2.75) is 50.1 Å². The number of aromatic nitrogens is 2. The summed E-state index contributed by atoms with van der Waals surface area (Å²) in [4.78, 5) is 27.6. The van der Waals surface area contributed by atoms with Crippen molar-refractivity contribution in [1.82, 2.24) is 15.1 Å². The first kappa shape index (κ1) is 27.9. The summed E-state index contributed by atoms with van der Waals surface area (Å²) >= 11 is 0. The third-order valence-corrected chi connectivity index (χ3v) is 8.59. The number of carbonyl (C=O) groups is 2. The van der Waals surface area contributed by atoms with Gasteiger partial charge in [0.15, 0.2) is 5.82 Å². The fraction of sp³-hybridized carbons (Fsp3) is 0.367. The van der Waals surface area contributed by atoms with Crippen LogP contribution in [0.4, 0.5) is 15.9 Å². The van der Waals surface area contributed by atoms with Gasteiger partial charge in [-0.05, 0) is 68.0 Å². The van der Waals surface area contributed by atoms with E-state index in [0.29, 0.717) is 39.3 Å². The van der Waals surface area contributed by atoms with Gasteiger partial charge in [0.1, 0.15) is 5.82 Å². The lowest BCUT2D eigenvalue weighted by Gasteiger charge is -2.20. The molecule has 2 amide bonds. The molecule has 5 rings (SSSR count). The normalized spacial score (nSPS) is 18.2. The predicted molar refractivity (Wildman–Crippen MR) is 155 cm³/mol. The number of nitrogens with one attached hydrogen (secondary N) is 3. The second kappa shape index (κ2) is 12.7. The summed E-state index contributed by atoms with van der Waals surface area (Å²) < 4.78 is 20.3. The molecule has 2 atom stereocenters. The Labute approximate surface area is 236 Å². The van der Waals surface area contributed by atoms with E-state index in [2.05, 4.69) is 25.7 Å². The molecule has 1 saturated carbocycles. The summed E-state index contributed by atoms with van der Waals surface area (Å²) in [6.45, 7) is 3.47. The van der Waals surface area contributed by atoms with E-state index >= 15 is 0 Å². The highest BCUT2D eigenvalue weighted by Gasteiger charge is 2.26. The lowest BCUT2D eigenvalue weighted by atomic mass is 9.95. The molecule has 1 aliphatic heterocycles. The van der Waals surface area contributed by atoms with Gasteiger partial charge in [-0.15, -0.1) is 0 Å². The second-order valence-electron chi connectivity index (χ2n) is 10.4. The SMILES string of the molecule is CO[Si]C1CCCN1C/C=C/C(=O)Nc1ccc(-c2cccc([C@H](C)C(=O)Nc3cc(C4CC4)[nH]n3)c2)cc1F. The molecule has 1 aromatic heterocycles. The van der Waals surface area contributed by atoms with Crippen molar-refractivity contribution < 1.29 is 18.4 Å². The Balaban J connectivity index is 1.18. The number of amides is 2. The molecule has 3 N–H and O–H groups in total. The highest BCUT2D eigenvalue weighted by atomic mass is 28.2. The van der Waals surface area contributed by atoms with Gasteiger partial charge in [-0.1, -0.05) is 36.4 Å². The smallest absolute Gasteiger partial charge is 0.248 e. The lowest BCUT2D eigenvalue weighted by Crippen LogP contribution is -2.35. The van der Waals surface area contributed by atoms with E-state index < -0.39 is 11.7 Å². The number of H-pyrrole nitrogens is 1. The van der Waals surface area contributed by atoms with Crippen molar-refractivity contribution in [2.24, 2.45) is 0 Å². The molecule has 8 nitrogen and oxygen atoms in total. The molecular weight excluding hydrogens is 525 g/mol. The molecule has 10 heteroatoms. The van der Waals surface area contributed by atoms with Gasteiger partial charge in [0.2, 0.25) is 21.6 Å². The zero-order chi connectivity index (χ0) is 28.1. The van der Waals surface area contributed by atoms with E-state index in [4.69, 9.17) is 4.43 Å². The molecule has 1 aliphatic carbocycles. The summed E-state index contributed by atoms with van der Waals surface area (Å²) in [5, 5.41) is 12.7. The molecule has 2 radical (unpaired) electrons. The average molecular weight is 560 g/mol. The van der Waals surface area contributed by atoms with Crippen LogP contribution in [0, 0.1) is 5.82 Å². The first-order valence-corrected chi connectivity index (χ1v) is 14.7. The maximum atomic E-state index is 15.0. The summed E-state index contributed by atoms with van der Waals surface area (Å²) in [6, 6.07) is 14.1. The number of aromatic amines is 1. The summed E-state index contributed by atoms with van der Waals surface area (Å²) in [5.41, 5.74) is 3.81. The van der Waals surface area contributed by atoms with Gasteiger partial charge in [0.05, 0.1) is 11.6 Å². The summed E-state index contributed by atoms with van der Waals surface area (Å²) in [6.07, 6.45) is 7.79.